The molecule has 0 amide bonds. The van der Waals surface area contributed by atoms with Crippen LogP contribution in [0.1, 0.15) is 43.4 Å². The third-order valence-electron chi connectivity index (χ3n) is 4.73. The van der Waals surface area contributed by atoms with Crippen LogP contribution >= 0.6 is 0 Å². The third-order valence-corrected chi connectivity index (χ3v) is 4.73. The molecule has 0 radical (unpaired) electrons. The van der Waals surface area contributed by atoms with Crippen LogP contribution in [0.15, 0.2) is 24.3 Å². The molecule has 0 aromatic heterocycles. The monoisotopic (exact) mass is 245 g/mol. The summed E-state index contributed by atoms with van der Waals surface area (Å²) in [7, 11) is 0. The van der Waals surface area contributed by atoms with Crippen molar-refractivity contribution in [3.05, 3.63) is 35.4 Å². The van der Waals surface area contributed by atoms with E-state index in [2.05, 4.69) is 36.1 Å². The molecular weight excluding hydrogens is 222 g/mol. The molecule has 1 aliphatic carbocycles. The molecule has 98 valence electrons. The molecule has 1 aliphatic heterocycles. The number of rotatable bonds is 2. The van der Waals surface area contributed by atoms with Crippen molar-refractivity contribution < 1.29 is 5.11 Å². The second kappa shape index (κ2) is 4.67. The van der Waals surface area contributed by atoms with Crippen LogP contribution in [0.2, 0.25) is 0 Å². The third kappa shape index (κ3) is 2.08. The molecule has 0 unspecified atom stereocenters. The molecule has 1 aromatic carbocycles. The first-order chi connectivity index (χ1) is 8.72. The molecule has 1 aromatic rings. The lowest BCUT2D eigenvalue weighted by Gasteiger charge is -2.42. The van der Waals surface area contributed by atoms with Gasteiger partial charge in [0.1, 0.15) is 0 Å². The van der Waals surface area contributed by atoms with Gasteiger partial charge in [-0.25, -0.2) is 0 Å². The number of hydrogen-bond acceptors (Lipinski definition) is 2. The van der Waals surface area contributed by atoms with E-state index in [0.29, 0.717) is 12.6 Å². The fraction of sp³-hybridized carbons (Fsp3) is 0.625. The first kappa shape index (κ1) is 12.2. The lowest BCUT2D eigenvalue weighted by Crippen LogP contribution is -2.44. The largest absolute Gasteiger partial charge is 0.396 e. The zero-order chi connectivity index (χ0) is 12.6. The molecule has 2 nitrogen and oxygen atoms in total. The molecule has 2 heteroatoms. The van der Waals surface area contributed by atoms with Gasteiger partial charge in [0, 0.05) is 24.6 Å². The number of aliphatic hydroxyl groups is 1. The van der Waals surface area contributed by atoms with E-state index in [-0.39, 0.29) is 5.41 Å². The first-order valence-corrected chi connectivity index (χ1v) is 7.15. The summed E-state index contributed by atoms with van der Waals surface area (Å²) >= 11 is 0. The van der Waals surface area contributed by atoms with Crippen molar-refractivity contribution in [3.63, 3.8) is 0 Å². The highest BCUT2D eigenvalue weighted by Crippen LogP contribution is 2.40. The van der Waals surface area contributed by atoms with Crippen LogP contribution in [0.3, 0.4) is 0 Å². The standard InChI is InChI=1S/C16H23NO/c1-16(12-18)9-4-10-17(11-16)15-8-7-13-5-2-3-6-14(13)15/h2-3,5-6,15,18H,4,7-12H2,1H3/t15-,16+/m1/s1. The molecule has 1 heterocycles. The van der Waals surface area contributed by atoms with Crippen LogP contribution in [-0.4, -0.2) is 29.7 Å². The van der Waals surface area contributed by atoms with Gasteiger partial charge >= 0.3 is 0 Å². The van der Waals surface area contributed by atoms with E-state index >= 15 is 0 Å². The molecule has 1 saturated heterocycles. The van der Waals surface area contributed by atoms with Gasteiger partial charge in [-0.1, -0.05) is 31.2 Å². The van der Waals surface area contributed by atoms with Crippen LogP contribution in [-0.2, 0) is 6.42 Å². The number of nitrogens with zero attached hydrogens (tertiary/aromatic N) is 1. The zero-order valence-electron chi connectivity index (χ0n) is 11.2. The number of aryl methyl sites for hydroxylation is 1. The minimum atomic E-state index is 0.107. The van der Waals surface area contributed by atoms with E-state index in [1.54, 1.807) is 0 Å². The number of hydrogen-bond donors (Lipinski definition) is 1. The second-order valence-corrected chi connectivity index (χ2v) is 6.30. The van der Waals surface area contributed by atoms with Crippen molar-refractivity contribution in [2.45, 2.75) is 38.6 Å². The summed E-state index contributed by atoms with van der Waals surface area (Å²) in [5.41, 5.74) is 3.16. The Morgan fingerprint density at radius 1 is 1.39 bits per heavy atom. The molecule has 3 rings (SSSR count). The number of benzene rings is 1. The highest BCUT2D eigenvalue weighted by molar-refractivity contribution is 5.34. The van der Waals surface area contributed by atoms with Gasteiger partial charge in [-0.3, -0.25) is 4.90 Å². The van der Waals surface area contributed by atoms with Gasteiger partial charge in [0.25, 0.3) is 0 Å². The summed E-state index contributed by atoms with van der Waals surface area (Å²) in [6.07, 6.45) is 4.85. The average Bonchev–Trinajstić information content (AvgIpc) is 2.83. The van der Waals surface area contributed by atoms with E-state index in [9.17, 15) is 5.11 Å². The molecular formula is C16H23NO. The van der Waals surface area contributed by atoms with E-state index < -0.39 is 0 Å². The molecule has 1 N–H and O–H groups in total. The molecule has 18 heavy (non-hydrogen) atoms. The highest BCUT2D eigenvalue weighted by Gasteiger charge is 2.36. The summed E-state index contributed by atoms with van der Waals surface area (Å²) in [5.74, 6) is 0. The topological polar surface area (TPSA) is 23.5 Å². The molecule has 1 fully saturated rings. The maximum atomic E-state index is 9.58. The lowest BCUT2D eigenvalue weighted by molar-refractivity contribution is 0.0245. The predicted octanol–water partition coefficient (Wildman–Crippen LogP) is 2.77. The Balaban J connectivity index is 1.80. The number of aliphatic hydroxyl groups excluding tert-OH is 1. The van der Waals surface area contributed by atoms with Gasteiger partial charge in [0.15, 0.2) is 0 Å². The van der Waals surface area contributed by atoms with Crippen LogP contribution in [0.5, 0.6) is 0 Å². The molecule has 0 bridgehead atoms. The number of fused-ring (bicyclic) bond motifs is 1. The smallest absolute Gasteiger partial charge is 0.0497 e. The quantitative estimate of drug-likeness (QED) is 0.866. The summed E-state index contributed by atoms with van der Waals surface area (Å²) < 4.78 is 0. The van der Waals surface area contributed by atoms with Crippen molar-refractivity contribution in [2.75, 3.05) is 19.7 Å². The summed E-state index contributed by atoms with van der Waals surface area (Å²) in [6, 6.07) is 9.46. The van der Waals surface area contributed by atoms with Crippen molar-refractivity contribution >= 4 is 0 Å². The Kier molecular flexibility index (Phi) is 3.16. The van der Waals surface area contributed by atoms with Crippen LogP contribution < -0.4 is 0 Å². The van der Waals surface area contributed by atoms with Gasteiger partial charge in [0.2, 0.25) is 0 Å². The minimum absolute atomic E-state index is 0.107. The zero-order valence-corrected chi connectivity index (χ0v) is 11.2. The Hall–Kier alpha value is -0.860. The van der Waals surface area contributed by atoms with E-state index in [0.717, 1.165) is 13.0 Å². The SMILES string of the molecule is C[C@]1(CO)CCCN([C@@H]2CCc3ccccc32)C1. The van der Waals surface area contributed by atoms with Crippen LogP contribution in [0.4, 0.5) is 0 Å². The second-order valence-electron chi connectivity index (χ2n) is 6.30. The molecule has 0 saturated carbocycles. The van der Waals surface area contributed by atoms with E-state index in [1.165, 1.54) is 36.9 Å². The number of piperidine rings is 1. The van der Waals surface area contributed by atoms with Gasteiger partial charge in [-0.15, -0.1) is 0 Å². The number of likely N-dealkylation sites (tertiary alicyclic amines) is 1. The van der Waals surface area contributed by atoms with Gasteiger partial charge in [-0.05, 0) is 43.4 Å². The maximum Gasteiger partial charge on any atom is 0.0497 e. The Morgan fingerprint density at radius 3 is 3.06 bits per heavy atom. The highest BCUT2D eigenvalue weighted by atomic mass is 16.3. The molecule has 2 aliphatic rings. The fourth-order valence-electron chi connectivity index (χ4n) is 3.67. The Bertz CT molecular complexity index is 431. The Labute approximate surface area is 110 Å². The first-order valence-electron chi connectivity index (χ1n) is 7.15. The van der Waals surface area contributed by atoms with Crippen LogP contribution in [0.25, 0.3) is 0 Å². The predicted molar refractivity (Wildman–Crippen MR) is 73.5 cm³/mol. The fourth-order valence-corrected chi connectivity index (χ4v) is 3.67. The van der Waals surface area contributed by atoms with Crippen molar-refractivity contribution in [3.8, 4) is 0 Å². The lowest BCUT2D eigenvalue weighted by atomic mass is 9.82. The van der Waals surface area contributed by atoms with Crippen LogP contribution in [0, 0.1) is 5.41 Å². The maximum absolute atomic E-state index is 9.58. The van der Waals surface area contributed by atoms with E-state index in [1.807, 2.05) is 0 Å². The van der Waals surface area contributed by atoms with Gasteiger partial charge in [-0.2, -0.15) is 0 Å². The average molecular weight is 245 g/mol. The normalized spacial score (nSPS) is 32.4. The van der Waals surface area contributed by atoms with Gasteiger partial charge < -0.3 is 5.11 Å². The van der Waals surface area contributed by atoms with Gasteiger partial charge in [0.05, 0.1) is 0 Å². The minimum Gasteiger partial charge on any atom is -0.396 e. The molecule has 2 atom stereocenters. The van der Waals surface area contributed by atoms with Crippen molar-refractivity contribution in [2.24, 2.45) is 5.41 Å². The summed E-state index contributed by atoms with van der Waals surface area (Å²) in [4.78, 5) is 2.60. The summed E-state index contributed by atoms with van der Waals surface area (Å²) in [6.45, 7) is 4.77. The Morgan fingerprint density at radius 2 is 2.22 bits per heavy atom. The summed E-state index contributed by atoms with van der Waals surface area (Å²) in [5, 5.41) is 9.58. The van der Waals surface area contributed by atoms with E-state index in [4.69, 9.17) is 0 Å². The molecule has 0 spiro atoms. The van der Waals surface area contributed by atoms with Crippen molar-refractivity contribution in [1.82, 2.24) is 4.90 Å². The van der Waals surface area contributed by atoms with Crippen molar-refractivity contribution in [1.29, 1.82) is 0 Å².